The minimum atomic E-state index is -0.0754. The lowest BCUT2D eigenvalue weighted by molar-refractivity contribution is 0.809. The fourth-order valence-electron chi connectivity index (χ4n) is 3.38. The molecular formula is C21H17N7O. The highest BCUT2D eigenvalue weighted by Crippen LogP contribution is 2.16. The van der Waals surface area contributed by atoms with E-state index in [9.17, 15) is 4.79 Å². The van der Waals surface area contributed by atoms with Crippen LogP contribution >= 0.6 is 0 Å². The second-order valence-corrected chi connectivity index (χ2v) is 6.52. The van der Waals surface area contributed by atoms with E-state index in [0.29, 0.717) is 46.7 Å². The van der Waals surface area contributed by atoms with Gasteiger partial charge in [0.25, 0.3) is 5.56 Å². The van der Waals surface area contributed by atoms with Gasteiger partial charge < -0.3 is 10.3 Å². The van der Waals surface area contributed by atoms with Gasteiger partial charge in [-0.2, -0.15) is 0 Å². The lowest BCUT2D eigenvalue weighted by atomic mass is 10.2. The van der Waals surface area contributed by atoms with Crippen molar-refractivity contribution < 1.29 is 0 Å². The normalized spacial score (nSPS) is 11.2. The molecule has 0 unspecified atom stereocenters. The molecule has 0 atom stereocenters. The van der Waals surface area contributed by atoms with Crippen LogP contribution in [0.2, 0.25) is 0 Å². The summed E-state index contributed by atoms with van der Waals surface area (Å²) in [6.45, 7) is 0.538. The summed E-state index contributed by atoms with van der Waals surface area (Å²) in [6, 6.07) is 17.0. The van der Waals surface area contributed by atoms with E-state index < -0.39 is 0 Å². The van der Waals surface area contributed by atoms with Crippen molar-refractivity contribution in [2.75, 3.05) is 11.9 Å². The van der Waals surface area contributed by atoms with Crippen molar-refractivity contribution >= 4 is 27.9 Å². The van der Waals surface area contributed by atoms with Crippen molar-refractivity contribution in [1.82, 2.24) is 29.5 Å². The molecule has 29 heavy (non-hydrogen) atoms. The van der Waals surface area contributed by atoms with E-state index in [1.807, 2.05) is 48.5 Å². The first-order chi connectivity index (χ1) is 14.3. The van der Waals surface area contributed by atoms with Crippen LogP contribution in [0.5, 0.6) is 0 Å². The number of imidazole rings is 1. The summed E-state index contributed by atoms with van der Waals surface area (Å²) in [4.78, 5) is 33.6. The van der Waals surface area contributed by atoms with Crippen LogP contribution in [0, 0.1) is 0 Å². The molecule has 3 aromatic heterocycles. The Morgan fingerprint density at radius 3 is 2.69 bits per heavy atom. The van der Waals surface area contributed by atoms with Gasteiger partial charge in [0.2, 0.25) is 0 Å². The maximum Gasteiger partial charge on any atom is 0.265 e. The van der Waals surface area contributed by atoms with Crippen LogP contribution in [0.1, 0.15) is 5.82 Å². The number of aromatic nitrogens is 6. The largest absolute Gasteiger partial charge is 0.368 e. The maximum atomic E-state index is 13.2. The number of fused-ring (bicyclic) bond motifs is 2. The van der Waals surface area contributed by atoms with Crippen LogP contribution in [0.25, 0.3) is 27.8 Å². The molecule has 2 aromatic carbocycles. The molecule has 5 rings (SSSR count). The van der Waals surface area contributed by atoms with Gasteiger partial charge in [0.1, 0.15) is 17.7 Å². The summed E-state index contributed by atoms with van der Waals surface area (Å²) >= 11 is 0. The Morgan fingerprint density at radius 2 is 1.79 bits per heavy atom. The predicted molar refractivity (Wildman–Crippen MR) is 111 cm³/mol. The maximum absolute atomic E-state index is 13.2. The summed E-state index contributed by atoms with van der Waals surface area (Å²) in [7, 11) is 0. The van der Waals surface area contributed by atoms with Crippen molar-refractivity contribution in [2.24, 2.45) is 0 Å². The molecular weight excluding hydrogens is 366 g/mol. The molecule has 0 radical (unpaired) electrons. The molecule has 0 aliphatic rings. The number of benzene rings is 2. The number of nitrogens with one attached hydrogen (secondary N) is 2. The highest BCUT2D eigenvalue weighted by molar-refractivity contribution is 5.82. The second-order valence-electron chi connectivity index (χ2n) is 6.52. The predicted octanol–water partition coefficient (Wildman–Crippen LogP) is 2.71. The molecule has 0 bridgehead atoms. The van der Waals surface area contributed by atoms with E-state index in [0.717, 1.165) is 5.69 Å². The SMILES string of the molecule is O=c1c2ccccc2nc(CCNc2ncnc3[nH]cnc23)n1-c1ccccc1. The van der Waals surface area contributed by atoms with Gasteiger partial charge in [-0.25, -0.2) is 19.9 Å². The van der Waals surface area contributed by atoms with Crippen molar-refractivity contribution in [2.45, 2.75) is 6.42 Å². The highest BCUT2D eigenvalue weighted by Gasteiger charge is 2.13. The van der Waals surface area contributed by atoms with Crippen LogP contribution in [0.3, 0.4) is 0 Å². The van der Waals surface area contributed by atoms with Crippen molar-refractivity contribution in [3.05, 3.63) is 83.4 Å². The Kier molecular flexibility index (Phi) is 4.21. The number of aromatic amines is 1. The number of rotatable bonds is 5. The molecule has 5 aromatic rings. The van der Waals surface area contributed by atoms with Crippen LogP contribution in [-0.4, -0.2) is 36.0 Å². The third kappa shape index (κ3) is 3.10. The van der Waals surface area contributed by atoms with E-state index in [2.05, 4.69) is 25.3 Å². The number of anilines is 1. The van der Waals surface area contributed by atoms with Crippen LogP contribution in [-0.2, 0) is 6.42 Å². The van der Waals surface area contributed by atoms with Crippen LogP contribution in [0.4, 0.5) is 5.82 Å². The summed E-state index contributed by atoms with van der Waals surface area (Å²) in [6.07, 6.45) is 3.60. The summed E-state index contributed by atoms with van der Waals surface area (Å²) in [5.74, 6) is 1.32. The van der Waals surface area contributed by atoms with E-state index in [4.69, 9.17) is 4.98 Å². The molecule has 0 spiro atoms. The second kappa shape index (κ2) is 7.16. The Bertz CT molecular complexity index is 1360. The van der Waals surface area contributed by atoms with Gasteiger partial charge in [-0.15, -0.1) is 0 Å². The first-order valence-corrected chi connectivity index (χ1v) is 9.25. The average molecular weight is 383 g/mol. The fourth-order valence-corrected chi connectivity index (χ4v) is 3.38. The zero-order chi connectivity index (χ0) is 19.6. The van der Waals surface area contributed by atoms with E-state index in [1.165, 1.54) is 6.33 Å². The number of H-pyrrole nitrogens is 1. The molecule has 8 nitrogen and oxygen atoms in total. The molecule has 0 saturated carbocycles. The van der Waals surface area contributed by atoms with Gasteiger partial charge in [0, 0.05) is 13.0 Å². The number of para-hydroxylation sites is 2. The Morgan fingerprint density at radius 1 is 0.966 bits per heavy atom. The zero-order valence-electron chi connectivity index (χ0n) is 15.4. The van der Waals surface area contributed by atoms with Crippen molar-refractivity contribution in [1.29, 1.82) is 0 Å². The molecule has 3 heterocycles. The minimum Gasteiger partial charge on any atom is -0.368 e. The van der Waals surface area contributed by atoms with Gasteiger partial charge in [-0.3, -0.25) is 9.36 Å². The lowest BCUT2D eigenvalue weighted by Gasteiger charge is -2.14. The Balaban J connectivity index is 1.52. The summed E-state index contributed by atoms with van der Waals surface area (Å²) in [5, 5.41) is 3.88. The van der Waals surface area contributed by atoms with Gasteiger partial charge in [-0.1, -0.05) is 30.3 Å². The van der Waals surface area contributed by atoms with Crippen molar-refractivity contribution in [3.63, 3.8) is 0 Å². The molecule has 0 fully saturated rings. The first kappa shape index (κ1) is 17.1. The molecule has 2 N–H and O–H groups in total. The third-order valence-electron chi connectivity index (χ3n) is 4.72. The molecule has 142 valence electrons. The summed E-state index contributed by atoms with van der Waals surface area (Å²) in [5.41, 5.74) is 2.76. The van der Waals surface area contributed by atoms with E-state index in [1.54, 1.807) is 17.0 Å². The monoisotopic (exact) mass is 383 g/mol. The summed E-state index contributed by atoms with van der Waals surface area (Å²) < 4.78 is 1.67. The number of hydrogen-bond acceptors (Lipinski definition) is 6. The van der Waals surface area contributed by atoms with Crippen molar-refractivity contribution in [3.8, 4) is 5.69 Å². The standard InChI is InChI=1S/C21H17N7O/c29-21-15-8-4-5-9-16(15)27-17(28(21)14-6-2-1-3-7-14)10-11-22-19-18-20(24-12-23-18)26-13-25-19/h1-9,12-13H,10-11H2,(H2,22,23,24,25,26). The van der Waals surface area contributed by atoms with E-state index in [-0.39, 0.29) is 5.56 Å². The van der Waals surface area contributed by atoms with Gasteiger partial charge in [-0.05, 0) is 24.3 Å². The topological polar surface area (TPSA) is 101 Å². The highest BCUT2D eigenvalue weighted by atomic mass is 16.1. The smallest absolute Gasteiger partial charge is 0.265 e. The van der Waals surface area contributed by atoms with Crippen LogP contribution in [0.15, 0.2) is 72.0 Å². The van der Waals surface area contributed by atoms with Gasteiger partial charge in [0.15, 0.2) is 11.5 Å². The lowest BCUT2D eigenvalue weighted by Crippen LogP contribution is -2.25. The Labute approximate surface area is 165 Å². The Hall–Kier alpha value is -4.07. The van der Waals surface area contributed by atoms with Gasteiger partial charge in [0.05, 0.1) is 22.9 Å². The van der Waals surface area contributed by atoms with Gasteiger partial charge >= 0.3 is 0 Å². The number of hydrogen-bond donors (Lipinski definition) is 2. The molecule has 0 aliphatic carbocycles. The zero-order valence-corrected chi connectivity index (χ0v) is 15.4. The quantitative estimate of drug-likeness (QED) is 0.484. The molecule has 8 heteroatoms. The number of nitrogens with zero attached hydrogens (tertiary/aromatic N) is 5. The first-order valence-electron chi connectivity index (χ1n) is 9.25. The molecule has 0 amide bonds. The molecule has 0 aliphatic heterocycles. The molecule has 0 saturated heterocycles. The van der Waals surface area contributed by atoms with Crippen LogP contribution < -0.4 is 10.9 Å². The third-order valence-corrected chi connectivity index (χ3v) is 4.72. The average Bonchev–Trinajstić information content (AvgIpc) is 3.24. The minimum absolute atomic E-state index is 0.0754. The fraction of sp³-hybridized carbons (Fsp3) is 0.0952. The van der Waals surface area contributed by atoms with E-state index >= 15 is 0 Å².